The second kappa shape index (κ2) is 7.22. The Morgan fingerprint density at radius 2 is 1.95 bits per heavy atom. The van der Waals surface area contributed by atoms with Crippen molar-refractivity contribution in [3.8, 4) is 0 Å². The molecular weight excluding hydrogens is 278 g/mol. The summed E-state index contributed by atoms with van der Waals surface area (Å²) in [7, 11) is 0. The predicted octanol–water partition coefficient (Wildman–Crippen LogP) is 4.21. The molecular formula is C15H20ClNOS. The van der Waals surface area contributed by atoms with Crippen LogP contribution in [0.2, 0.25) is 5.02 Å². The highest BCUT2D eigenvalue weighted by molar-refractivity contribution is 7.80. The van der Waals surface area contributed by atoms with E-state index in [1.807, 2.05) is 18.2 Å². The fraction of sp³-hybridized carbons (Fsp3) is 0.533. The van der Waals surface area contributed by atoms with E-state index >= 15 is 0 Å². The summed E-state index contributed by atoms with van der Waals surface area (Å²) in [5.41, 5.74) is 7.39. The molecule has 0 bridgehead atoms. The van der Waals surface area contributed by atoms with E-state index in [1.54, 1.807) is 0 Å². The van der Waals surface area contributed by atoms with Gasteiger partial charge in [0.2, 0.25) is 0 Å². The monoisotopic (exact) mass is 297 g/mol. The fourth-order valence-corrected chi connectivity index (χ4v) is 2.80. The summed E-state index contributed by atoms with van der Waals surface area (Å²) in [4.78, 5) is 0.373. The molecule has 0 amide bonds. The summed E-state index contributed by atoms with van der Waals surface area (Å²) in [6.07, 6.45) is 7.95. The molecule has 1 fully saturated rings. The molecule has 1 aliphatic carbocycles. The molecule has 19 heavy (non-hydrogen) atoms. The largest absolute Gasteiger partial charge is 0.389 e. The number of hydrogen-bond acceptors (Lipinski definition) is 2. The average molecular weight is 298 g/mol. The van der Waals surface area contributed by atoms with Crippen molar-refractivity contribution >= 4 is 28.8 Å². The van der Waals surface area contributed by atoms with Crippen LogP contribution in [0.25, 0.3) is 0 Å². The lowest BCUT2D eigenvalue weighted by Crippen LogP contribution is -2.12. The van der Waals surface area contributed by atoms with Crippen LogP contribution in [0.3, 0.4) is 0 Å². The van der Waals surface area contributed by atoms with Crippen molar-refractivity contribution in [2.24, 2.45) is 5.73 Å². The molecule has 4 heteroatoms. The summed E-state index contributed by atoms with van der Waals surface area (Å²) < 4.78 is 5.98. The minimum atomic E-state index is 0.373. The topological polar surface area (TPSA) is 35.2 Å². The van der Waals surface area contributed by atoms with Gasteiger partial charge in [0.1, 0.15) is 4.99 Å². The Kier molecular flexibility index (Phi) is 5.61. The highest BCUT2D eigenvalue weighted by Crippen LogP contribution is 2.23. The van der Waals surface area contributed by atoms with Gasteiger partial charge in [-0.05, 0) is 24.5 Å². The number of ether oxygens (including phenoxy) is 1. The Bertz CT molecular complexity index is 442. The fourth-order valence-electron chi connectivity index (χ4n) is 2.43. The first-order valence-corrected chi connectivity index (χ1v) is 7.65. The van der Waals surface area contributed by atoms with E-state index in [-0.39, 0.29) is 0 Å². The third kappa shape index (κ3) is 4.44. The van der Waals surface area contributed by atoms with Gasteiger partial charge in [-0.1, -0.05) is 61.6 Å². The van der Waals surface area contributed by atoms with E-state index in [1.165, 1.54) is 38.5 Å². The summed E-state index contributed by atoms with van der Waals surface area (Å²) >= 11 is 11.2. The standard InChI is InChI=1S/C15H20ClNOS/c16-14-9-11(15(17)19)7-8-12(14)10-18-13-5-3-1-2-4-6-13/h7-9,13H,1-6,10H2,(H2,17,19). The highest BCUT2D eigenvalue weighted by Gasteiger charge is 2.13. The number of benzene rings is 1. The Morgan fingerprint density at radius 3 is 2.53 bits per heavy atom. The molecule has 0 radical (unpaired) electrons. The molecule has 0 atom stereocenters. The molecule has 0 spiro atoms. The maximum absolute atomic E-state index is 6.23. The van der Waals surface area contributed by atoms with Crippen LogP contribution in [0, 0.1) is 0 Å². The van der Waals surface area contributed by atoms with E-state index in [4.69, 9.17) is 34.3 Å². The van der Waals surface area contributed by atoms with E-state index < -0.39 is 0 Å². The Morgan fingerprint density at radius 1 is 1.26 bits per heavy atom. The lowest BCUT2D eigenvalue weighted by Gasteiger charge is -2.16. The molecule has 2 nitrogen and oxygen atoms in total. The number of nitrogens with two attached hydrogens (primary N) is 1. The van der Waals surface area contributed by atoms with Crippen molar-refractivity contribution in [3.63, 3.8) is 0 Å². The van der Waals surface area contributed by atoms with E-state index in [2.05, 4.69) is 0 Å². The van der Waals surface area contributed by atoms with Crippen molar-refractivity contribution in [1.82, 2.24) is 0 Å². The highest BCUT2D eigenvalue weighted by atomic mass is 35.5. The van der Waals surface area contributed by atoms with Gasteiger partial charge in [-0.2, -0.15) is 0 Å². The van der Waals surface area contributed by atoms with Gasteiger partial charge in [0.05, 0.1) is 12.7 Å². The summed E-state index contributed by atoms with van der Waals surface area (Å²) in [6, 6.07) is 5.67. The zero-order chi connectivity index (χ0) is 13.7. The van der Waals surface area contributed by atoms with Gasteiger partial charge in [0.15, 0.2) is 0 Å². The molecule has 2 N–H and O–H groups in total. The maximum atomic E-state index is 6.23. The van der Waals surface area contributed by atoms with Crippen LogP contribution in [0.15, 0.2) is 18.2 Å². The number of thiocarbonyl (C=S) groups is 1. The molecule has 0 aliphatic heterocycles. The van der Waals surface area contributed by atoms with Gasteiger partial charge >= 0.3 is 0 Å². The molecule has 0 heterocycles. The Labute approximate surface area is 125 Å². The van der Waals surface area contributed by atoms with Crippen molar-refractivity contribution in [3.05, 3.63) is 34.3 Å². The first-order valence-electron chi connectivity index (χ1n) is 6.86. The second-order valence-electron chi connectivity index (χ2n) is 5.10. The SMILES string of the molecule is NC(=S)c1ccc(COC2CCCCCC2)c(Cl)c1. The lowest BCUT2D eigenvalue weighted by molar-refractivity contribution is 0.0310. The predicted molar refractivity (Wildman–Crippen MR) is 83.6 cm³/mol. The maximum Gasteiger partial charge on any atom is 0.104 e. The molecule has 0 unspecified atom stereocenters. The molecule has 0 aromatic heterocycles. The number of hydrogen-bond donors (Lipinski definition) is 1. The normalized spacial score (nSPS) is 17.1. The van der Waals surface area contributed by atoms with Gasteiger partial charge in [-0.25, -0.2) is 0 Å². The van der Waals surface area contributed by atoms with Gasteiger partial charge in [-0.3, -0.25) is 0 Å². The smallest absolute Gasteiger partial charge is 0.104 e. The van der Waals surface area contributed by atoms with Gasteiger partial charge in [-0.15, -0.1) is 0 Å². The van der Waals surface area contributed by atoms with E-state index in [0.717, 1.165) is 11.1 Å². The Hall–Kier alpha value is -0.640. The molecule has 1 aromatic rings. The summed E-state index contributed by atoms with van der Waals surface area (Å²) in [5, 5.41) is 0.680. The van der Waals surface area contributed by atoms with E-state index in [9.17, 15) is 0 Å². The lowest BCUT2D eigenvalue weighted by atomic mass is 10.1. The summed E-state index contributed by atoms with van der Waals surface area (Å²) in [6.45, 7) is 0.571. The van der Waals surface area contributed by atoms with E-state index in [0.29, 0.717) is 22.7 Å². The average Bonchev–Trinajstić information content (AvgIpc) is 2.65. The van der Waals surface area contributed by atoms with Crippen LogP contribution in [0.1, 0.15) is 49.7 Å². The number of halogens is 1. The zero-order valence-corrected chi connectivity index (χ0v) is 12.6. The molecule has 1 aromatic carbocycles. The Balaban J connectivity index is 1.93. The summed E-state index contributed by atoms with van der Waals surface area (Å²) in [5.74, 6) is 0. The van der Waals surface area contributed by atoms with Crippen LogP contribution in [0.5, 0.6) is 0 Å². The number of rotatable bonds is 4. The third-order valence-corrected chi connectivity index (χ3v) is 4.20. The minimum Gasteiger partial charge on any atom is -0.389 e. The van der Waals surface area contributed by atoms with Gasteiger partial charge in [0, 0.05) is 10.6 Å². The first-order chi connectivity index (χ1) is 9.16. The van der Waals surface area contributed by atoms with Gasteiger partial charge < -0.3 is 10.5 Å². The third-order valence-electron chi connectivity index (χ3n) is 3.61. The zero-order valence-electron chi connectivity index (χ0n) is 11.0. The van der Waals surface area contributed by atoms with Crippen LogP contribution in [-0.2, 0) is 11.3 Å². The minimum absolute atomic E-state index is 0.373. The van der Waals surface area contributed by atoms with Crippen molar-refractivity contribution < 1.29 is 4.74 Å². The quantitative estimate of drug-likeness (QED) is 0.668. The molecule has 1 saturated carbocycles. The van der Waals surface area contributed by atoms with Crippen LogP contribution >= 0.6 is 23.8 Å². The van der Waals surface area contributed by atoms with Crippen molar-refractivity contribution in [2.75, 3.05) is 0 Å². The molecule has 2 rings (SSSR count). The first kappa shape index (κ1) is 14.8. The van der Waals surface area contributed by atoms with Crippen molar-refractivity contribution in [1.29, 1.82) is 0 Å². The van der Waals surface area contributed by atoms with Crippen molar-refractivity contribution in [2.45, 2.75) is 51.2 Å². The molecule has 104 valence electrons. The molecule has 0 saturated heterocycles. The molecule has 1 aliphatic rings. The second-order valence-corrected chi connectivity index (χ2v) is 5.94. The van der Waals surface area contributed by atoms with Crippen LogP contribution in [-0.4, -0.2) is 11.1 Å². The van der Waals surface area contributed by atoms with Crippen LogP contribution in [0.4, 0.5) is 0 Å². The van der Waals surface area contributed by atoms with Gasteiger partial charge in [0.25, 0.3) is 0 Å². The van der Waals surface area contributed by atoms with Crippen LogP contribution < -0.4 is 5.73 Å².